The number of pyridine rings is 1. The van der Waals surface area contributed by atoms with Gasteiger partial charge in [-0.2, -0.15) is 0 Å². The van der Waals surface area contributed by atoms with Crippen molar-refractivity contribution in [2.45, 2.75) is 47.0 Å². The maximum atomic E-state index is 12.5. The second-order valence-electron chi connectivity index (χ2n) is 7.45. The average molecular weight is 375 g/mol. The molecule has 0 saturated carbocycles. The van der Waals surface area contributed by atoms with Crippen molar-refractivity contribution in [3.63, 3.8) is 0 Å². The summed E-state index contributed by atoms with van der Waals surface area (Å²) in [4.78, 5) is 38.7. The van der Waals surface area contributed by atoms with Crippen LogP contribution in [0.2, 0.25) is 5.02 Å². The van der Waals surface area contributed by atoms with Crippen LogP contribution in [0.3, 0.4) is 0 Å². The molecule has 0 atom stereocenters. The number of aryl methyl sites for hydroxylation is 2. The number of benzene rings is 1. The Kier molecular flexibility index (Phi) is 5.42. The van der Waals surface area contributed by atoms with Crippen molar-refractivity contribution >= 4 is 23.4 Å². The van der Waals surface area contributed by atoms with Crippen molar-refractivity contribution in [3.05, 3.63) is 55.8 Å². The van der Waals surface area contributed by atoms with Crippen LogP contribution in [-0.2, 0) is 10.2 Å². The normalized spacial score (nSPS) is 11.3. The molecule has 0 radical (unpaired) electrons. The molecular weight excluding hydrogens is 352 g/mol. The minimum atomic E-state index is -0.708. The highest BCUT2D eigenvalue weighted by molar-refractivity contribution is 6.31. The molecule has 0 unspecified atom stereocenters. The highest BCUT2D eigenvalue weighted by atomic mass is 35.5. The molecule has 0 aliphatic rings. The van der Waals surface area contributed by atoms with E-state index < -0.39 is 17.2 Å². The van der Waals surface area contributed by atoms with E-state index in [9.17, 15) is 14.4 Å². The Morgan fingerprint density at radius 3 is 2.23 bits per heavy atom. The van der Waals surface area contributed by atoms with Gasteiger partial charge in [0.1, 0.15) is 5.56 Å². The number of aromatic nitrogens is 1. The zero-order valence-corrected chi connectivity index (χ0v) is 16.6. The first-order valence-corrected chi connectivity index (χ1v) is 8.66. The van der Waals surface area contributed by atoms with E-state index in [1.54, 1.807) is 6.92 Å². The summed E-state index contributed by atoms with van der Waals surface area (Å²) in [6.07, 6.45) is 0. The number of hydrogen-bond donors (Lipinski definition) is 2. The molecule has 0 fully saturated rings. The number of halogens is 1. The monoisotopic (exact) mass is 374 g/mol. The molecule has 0 bridgehead atoms. The minimum Gasteiger partial charge on any atom is -0.358 e. The van der Waals surface area contributed by atoms with Gasteiger partial charge in [-0.3, -0.25) is 19.7 Å². The smallest absolute Gasteiger partial charge is 0.263 e. The van der Waals surface area contributed by atoms with Gasteiger partial charge in [-0.1, -0.05) is 38.4 Å². The Bertz CT molecular complexity index is 953. The van der Waals surface area contributed by atoms with Crippen LogP contribution in [0, 0.1) is 13.8 Å². The van der Waals surface area contributed by atoms with E-state index in [-0.39, 0.29) is 11.0 Å². The molecule has 0 saturated heterocycles. The third kappa shape index (κ3) is 4.05. The molecule has 0 aliphatic heterocycles. The van der Waals surface area contributed by atoms with Crippen molar-refractivity contribution in [2.24, 2.45) is 0 Å². The maximum Gasteiger partial charge on any atom is 0.263 e. The summed E-state index contributed by atoms with van der Waals surface area (Å²) in [5.41, 5.74) is 3.13. The number of carbonyl (C=O) groups excluding carboxylic acids is 2. The quantitative estimate of drug-likeness (QED) is 0.837. The fourth-order valence-electron chi connectivity index (χ4n) is 2.88. The number of rotatable bonds is 2. The lowest BCUT2D eigenvalue weighted by molar-refractivity contribution is -0.118. The van der Waals surface area contributed by atoms with Crippen molar-refractivity contribution in [3.8, 4) is 11.3 Å². The van der Waals surface area contributed by atoms with Gasteiger partial charge in [0.2, 0.25) is 5.91 Å². The Morgan fingerprint density at radius 2 is 1.73 bits per heavy atom. The Morgan fingerprint density at radius 1 is 1.12 bits per heavy atom. The summed E-state index contributed by atoms with van der Waals surface area (Å²) in [5.74, 6) is -1.22. The third-order valence-electron chi connectivity index (χ3n) is 4.15. The summed E-state index contributed by atoms with van der Waals surface area (Å²) in [6.45, 7) is 11.1. The fourth-order valence-corrected chi connectivity index (χ4v) is 3.33. The Hall–Kier alpha value is -2.40. The van der Waals surface area contributed by atoms with Gasteiger partial charge in [-0.25, -0.2) is 0 Å². The molecule has 1 aromatic heterocycles. The first-order valence-electron chi connectivity index (χ1n) is 8.28. The number of carbonyl (C=O) groups is 2. The van der Waals surface area contributed by atoms with Crippen molar-refractivity contribution in [2.75, 3.05) is 0 Å². The van der Waals surface area contributed by atoms with Crippen LogP contribution >= 0.6 is 11.6 Å². The van der Waals surface area contributed by atoms with Gasteiger partial charge in [0.15, 0.2) is 5.43 Å². The molecule has 0 aliphatic carbocycles. The van der Waals surface area contributed by atoms with Crippen LogP contribution in [-0.4, -0.2) is 16.8 Å². The largest absolute Gasteiger partial charge is 0.358 e. The summed E-state index contributed by atoms with van der Waals surface area (Å²) in [6, 6.07) is 5.21. The summed E-state index contributed by atoms with van der Waals surface area (Å²) in [7, 11) is 0. The Balaban J connectivity index is 2.58. The molecule has 138 valence electrons. The van der Waals surface area contributed by atoms with Crippen molar-refractivity contribution in [1.29, 1.82) is 0 Å². The van der Waals surface area contributed by atoms with E-state index in [1.165, 1.54) is 13.0 Å². The summed E-state index contributed by atoms with van der Waals surface area (Å²) >= 11 is 6.46. The predicted octanol–water partition coefficient (Wildman–Crippen LogP) is 3.89. The van der Waals surface area contributed by atoms with E-state index in [4.69, 9.17) is 11.6 Å². The van der Waals surface area contributed by atoms with Crippen LogP contribution < -0.4 is 10.7 Å². The first kappa shape index (κ1) is 19.9. The zero-order valence-electron chi connectivity index (χ0n) is 15.8. The van der Waals surface area contributed by atoms with E-state index in [2.05, 4.69) is 31.1 Å². The third-order valence-corrected chi connectivity index (χ3v) is 4.46. The van der Waals surface area contributed by atoms with Crippen molar-refractivity contribution < 1.29 is 9.59 Å². The van der Waals surface area contributed by atoms with Gasteiger partial charge in [0.25, 0.3) is 5.91 Å². The zero-order chi connectivity index (χ0) is 19.8. The summed E-state index contributed by atoms with van der Waals surface area (Å²) in [5, 5.41) is 2.75. The lowest BCUT2D eigenvalue weighted by atomic mass is 9.85. The second-order valence-corrected chi connectivity index (χ2v) is 7.86. The SMILES string of the molecule is CC(=O)NC(=O)c1c(C)[nH]c(-c2cc(Cl)c(C(C)(C)C)cc2C)cc1=O. The number of nitrogens with one attached hydrogen (secondary N) is 2. The van der Waals surface area contributed by atoms with Gasteiger partial charge in [0.05, 0.1) is 0 Å². The highest BCUT2D eigenvalue weighted by Gasteiger charge is 2.21. The second kappa shape index (κ2) is 7.08. The molecular formula is C20H23ClN2O3. The highest BCUT2D eigenvalue weighted by Crippen LogP contribution is 2.34. The Labute approximate surface area is 157 Å². The molecule has 2 amide bonds. The number of H-pyrrole nitrogens is 1. The topological polar surface area (TPSA) is 79.0 Å². The lowest BCUT2D eigenvalue weighted by Gasteiger charge is -2.22. The molecule has 6 heteroatoms. The fraction of sp³-hybridized carbons (Fsp3) is 0.350. The van der Waals surface area contributed by atoms with E-state index >= 15 is 0 Å². The molecule has 1 aromatic carbocycles. The van der Waals surface area contributed by atoms with Crippen LogP contribution in [0.1, 0.15) is 54.9 Å². The van der Waals surface area contributed by atoms with Crippen LogP contribution in [0.5, 0.6) is 0 Å². The predicted molar refractivity (Wildman–Crippen MR) is 104 cm³/mol. The van der Waals surface area contributed by atoms with Crippen LogP contribution in [0.4, 0.5) is 0 Å². The maximum absolute atomic E-state index is 12.5. The number of amides is 2. The van der Waals surface area contributed by atoms with Crippen molar-refractivity contribution in [1.82, 2.24) is 10.3 Å². The summed E-state index contributed by atoms with van der Waals surface area (Å²) < 4.78 is 0. The molecule has 2 N–H and O–H groups in total. The number of hydrogen-bond acceptors (Lipinski definition) is 3. The van der Waals surface area contributed by atoms with Gasteiger partial charge < -0.3 is 4.98 Å². The average Bonchev–Trinajstić information content (AvgIpc) is 2.46. The molecule has 26 heavy (non-hydrogen) atoms. The number of imide groups is 1. The lowest BCUT2D eigenvalue weighted by Crippen LogP contribution is -2.33. The van der Waals surface area contributed by atoms with Gasteiger partial charge in [0, 0.05) is 35.0 Å². The molecule has 5 nitrogen and oxygen atoms in total. The first-order chi connectivity index (χ1) is 11.9. The minimum absolute atomic E-state index is 0.0704. The van der Waals surface area contributed by atoms with Crippen LogP contribution in [0.25, 0.3) is 11.3 Å². The van der Waals surface area contributed by atoms with E-state index in [0.29, 0.717) is 16.4 Å². The molecule has 1 heterocycles. The van der Waals surface area contributed by atoms with Gasteiger partial charge >= 0.3 is 0 Å². The standard InChI is InChI=1S/C20H23ClN2O3/c1-10-7-14(20(4,5)6)15(21)8-13(10)16-9-17(25)18(11(2)22-16)19(26)23-12(3)24/h7-9H,1-6H3,(H,22,25)(H,23,24,26). The molecule has 2 rings (SSSR count). The van der Waals surface area contributed by atoms with E-state index in [0.717, 1.165) is 16.7 Å². The van der Waals surface area contributed by atoms with Gasteiger partial charge in [-0.15, -0.1) is 0 Å². The molecule has 2 aromatic rings. The molecule has 0 spiro atoms. The van der Waals surface area contributed by atoms with E-state index in [1.807, 2.05) is 19.1 Å². The van der Waals surface area contributed by atoms with Crippen LogP contribution in [0.15, 0.2) is 23.0 Å². The van der Waals surface area contributed by atoms with Gasteiger partial charge in [-0.05, 0) is 36.5 Å². The number of aromatic amines is 1.